The lowest BCUT2D eigenvalue weighted by molar-refractivity contribution is 0.670. The van der Waals surface area contributed by atoms with Crippen LogP contribution < -0.4 is 5.32 Å². The lowest BCUT2D eigenvalue weighted by atomic mass is 9.97. The first-order chi connectivity index (χ1) is 16.3. The molecule has 158 valence electrons. The summed E-state index contributed by atoms with van der Waals surface area (Å²) in [7, 11) is 0. The van der Waals surface area contributed by atoms with Crippen LogP contribution in [0.2, 0.25) is 5.02 Å². The number of hydrogen-bond donors (Lipinski definition) is 1. The highest BCUT2D eigenvalue weighted by atomic mass is 35.5. The third-order valence-corrected chi connectivity index (χ3v) is 6.24. The molecule has 0 saturated heterocycles. The van der Waals surface area contributed by atoms with E-state index in [0.29, 0.717) is 5.02 Å². The SMILES string of the molecule is Clc1cc(-c2ccccc2)cc(-c2ccccc2)c1Nc1cccc2c1oc1ccccc12. The summed E-state index contributed by atoms with van der Waals surface area (Å²) in [6.07, 6.45) is 0. The van der Waals surface area contributed by atoms with Gasteiger partial charge in [-0.3, -0.25) is 0 Å². The van der Waals surface area contributed by atoms with Gasteiger partial charge in [0.2, 0.25) is 0 Å². The minimum atomic E-state index is 0.656. The minimum Gasteiger partial charge on any atom is -0.454 e. The molecule has 1 N–H and O–H groups in total. The fraction of sp³-hybridized carbons (Fsp3) is 0. The molecule has 0 radical (unpaired) electrons. The van der Waals surface area contributed by atoms with Gasteiger partial charge >= 0.3 is 0 Å². The second-order valence-electron chi connectivity index (χ2n) is 8.02. The van der Waals surface area contributed by atoms with Crippen LogP contribution in [0.3, 0.4) is 0 Å². The molecule has 0 bridgehead atoms. The molecule has 0 aliphatic rings. The predicted octanol–water partition coefficient (Wildman–Crippen LogP) is 9.32. The van der Waals surface area contributed by atoms with Gasteiger partial charge in [-0.15, -0.1) is 0 Å². The zero-order chi connectivity index (χ0) is 22.2. The van der Waals surface area contributed by atoms with E-state index in [2.05, 4.69) is 47.8 Å². The zero-order valence-corrected chi connectivity index (χ0v) is 18.5. The van der Waals surface area contributed by atoms with Gasteiger partial charge < -0.3 is 9.73 Å². The molecular formula is C30H20ClNO. The number of rotatable bonds is 4. The molecule has 0 saturated carbocycles. The van der Waals surface area contributed by atoms with Crippen LogP contribution in [-0.4, -0.2) is 0 Å². The first-order valence-corrected chi connectivity index (χ1v) is 11.3. The minimum absolute atomic E-state index is 0.656. The van der Waals surface area contributed by atoms with Crippen molar-refractivity contribution >= 4 is 44.9 Å². The summed E-state index contributed by atoms with van der Waals surface area (Å²) in [5.74, 6) is 0. The van der Waals surface area contributed by atoms with E-state index in [4.69, 9.17) is 16.0 Å². The highest BCUT2D eigenvalue weighted by Crippen LogP contribution is 2.42. The molecule has 0 spiro atoms. The van der Waals surface area contributed by atoms with E-state index in [1.54, 1.807) is 0 Å². The smallest absolute Gasteiger partial charge is 0.158 e. The molecule has 5 aromatic carbocycles. The number of fused-ring (bicyclic) bond motifs is 3. The molecule has 1 aromatic heterocycles. The van der Waals surface area contributed by atoms with Crippen molar-refractivity contribution in [3.63, 3.8) is 0 Å². The molecule has 3 heteroatoms. The van der Waals surface area contributed by atoms with Gasteiger partial charge in [0.05, 0.1) is 16.4 Å². The Hall–Kier alpha value is -4.01. The maximum atomic E-state index is 6.92. The summed E-state index contributed by atoms with van der Waals surface area (Å²) in [5, 5.41) is 6.43. The molecule has 1 heterocycles. The van der Waals surface area contributed by atoms with Gasteiger partial charge in [0.15, 0.2) is 5.58 Å². The third-order valence-electron chi connectivity index (χ3n) is 5.95. The van der Waals surface area contributed by atoms with Crippen molar-refractivity contribution in [2.24, 2.45) is 0 Å². The van der Waals surface area contributed by atoms with E-state index >= 15 is 0 Å². The van der Waals surface area contributed by atoms with Crippen molar-refractivity contribution in [2.75, 3.05) is 5.32 Å². The summed E-state index contributed by atoms with van der Waals surface area (Å²) in [6, 6.07) is 39.1. The molecular weight excluding hydrogens is 426 g/mol. The lowest BCUT2D eigenvalue weighted by Gasteiger charge is -2.17. The fourth-order valence-electron chi connectivity index (χ4n) is 4.36. The molecule has 0 aliphatic heterocycles. The monoisotopic (exact) mass is 445 g/mol. The third kappa shape index (κ3) is 3.55. The standard InChI is InChI=1S/C30H20ClNO/c31-26-19-22(20-10-3-1-4-11-20)18-25(21-12-5-2-6-13-21)29(26)32-27-16-9-15-24-23-14-7-8-17-28(23)33-30(24)27/h1-19,32H. The van der Waals surface area contributed by atoms with E-state index < -0.39 is 0 Å². The summed E-state index contributed by atoms with van der Waals surface area (Å²) < 4.78 is 6.23. The van der Waals surface area contributed by atoms with E-state index in [9.17, 15) is 0 Å². The second kappa shape index (κ2) is 8.16. The van der Waals surface area contributed by atoms with E-state index in [0.717, 1.165) is 55.6 Å². The summed E-state index contributed by atoms with van der Waals surface area (Å²) in [6.45, 7) is 0. The number of hydrogen-bond acceptors (Lipinski definition) is 2. The van der Waals surface area contributed by atoms with Gasteiger partial charge in [-0.1, -0.05) is 103 Å². The van der Waals surface area contributed by atoms with Crippen LogP contribution in [0.1, 0.15) is 0 Å². The molecule has 0 aliphatic carbocycles. The average Bonchev–Trinajstić information content (AvgIpc) is 3.26. The largest absolute Gasteiger partial charge is 0.454 e. The molecule has 6 rings (SSSR count). The summed E-state index contributed by atoms with van der Waals surface area (Å²) in [4.78, 5) is 0. The van der Waals surface area contributed by atoms with E-state index in [1.165, 1.54) is 0 Å². The van der Waals surface area contributed by atoms with Crippen molar-refractivity contribution in [1.29, 1.82) is 0 Å². The fourth-order valence-corrected chi connectivity index (χ4v) is 4.62. The van der Waals surface area contributed by atoms with Gasteiger partial charge in [0.25, 0.3) is 0 Å². The topological polar surface area (TPSA) is 25.2 Å². The quantitative estimate of drug-likeness (QED) is 0.292. The maximum absolute atomic E-state index is 6.92. The van der Waals surface area contributed by atoms with Crippen molar-refractivity contribution in [3.05, 3.63) is 120 Å². The van der Waals surface area contributed by atoms with Crippen molar-refractivity contribution in [1.82, 2.24) is 0 Å². The zero-order valence-electron chi connectivity index (χ0n) is 17.8. The maximum Gasteiger partial charge on any atom is 0.158 e. The van der Waals surface area contributed by atoms with Crippen LogP contribution >= 0.6 is 11.6 Å². The first kappa shape index (κ1) is 19.7. The first-order valence-electron chi connectivity index (χ1n) is 10.9. The van der Waals surface area contributed by atoms with Crippen LogP contribution in [0.25, 0.3) is 44.2 Å². The van der Waals surface area contributed by atoms with Crippen molar-refractivity contribution in [3.8, 4) is 22.3 Å². The highest BCUT2D eigenvalue weighted by Gasteiger charge is 2.16. The van der Waals surface area contributed by atoms with Gasteiger partial charge in [-0.05, 0) is 41.0 Å². The number of nitrogens with one attached hydrogen (secondary N) is 1. The molecule has 0 fully saturated rings. The van der Waals surface area contributed by atoms with Crippen LogP contribution in [-0.2, 0) is 0 Å². The summed E-state index contributed by atoms with van der Waals surface area (Å²) >= 11 is 6.92. The Morgan fingerprint density at radius 3 is 2.03 bits per heavy atom. The summed E-state index contributed by atoms with van der Waals surface area (Å²) in [5.41, 5.74) is 7.77. The van der Waals surface area contributed by atoms with E-state index in [-0.39, 0.29) is 0 Å². The number of para-hydroxylation sites is 2. The van der Waals surface area contributed by atoms with Crippen molar-refractivity contribution in [2.45, 2.75) is 0 Å². The number of halogens is 1. The van der Waals surface area contributed by atoms with Crippen LogP contribution in [0.15, 0.2) is 120 Å². The van der Waals surface area contributed by atoms with Crippen LogP contribution in [0, 0.1) is 0 Å². The lowest BCUT2D eigenvalue weighted by Crippen LogP contribution is -1.96. The predicted molar refractivity (Wildman–Crippen MR) is 139 cm³/mol. The number of benzene rings is 5. The normalized spacial score (nSPS) is 11.2. The number of anilines is 2. The Bertz CT molecular complexity index is 1590. The highest BCUT2D eigenvalue weighted by molar-refractivity contribution is 6.34. The molecule has 0 unspecified atom stereocenters. The van der Waals surface area contributed by atoms with Gasteiger partial charge in [-0.2, -0.15) is 0 Å². The van der Waals surface area contributed by atoms with Gasteiger partial charge in [0.1, 0.15) is 5.58 Å². The molecule has 6 aromatic rings. The second-order valence-corrected chi connectivity index (χ2v) is 8.43. The Morgan fingerprint density at radius 1 is 0.576 bits per heavy atom. The molecule has 2 nitrogen and oxygen atoms in total. The van der Waals surface area contributed by atoms with Crippen LogP contribution in [0.5, 0.6) is 0 Å². The number of furan rings is 1. The van der Waals surface area contributed by atoms with Crippen LogP contribution in [0.4, 0.5) is 11.4 Å². The Kier molecular flexibility index (Phi) is 4.86. The average molecular weight is 446 g/mol. The van der Waals surface area contributed by atoms with Crippen molar-refractivity contribution < 1.29 is 4.42 Å². The van der Waals surface area contributed by atoms with E-state index in [1.807, 2.05) is 72.8 Å². The Labute approximate surface area is 197 Å². The Balaban J connectivity index is 1.54. The Morgan fingerprint density at radius 2 is 1.24 bits per heavy atom. The molecule has 0 atom stereocenters. The molecule has 0 amide bonds. The van der Waals surface area contributed by atoms with Gasteiger partial charge in [0, 0.05) is 16.3 Å². The van der Waals surface area contributed by atoms with Gasteiger partial charge in [-0.25, -0.2) is 0 Å². The molecule has 33 heavy (non-hydrogen) atoms.